The van der Waals surface area contributed by atoms with Gasteiger partial charge in [0.05, 0.1) is 11.3 Å². The van der Waals surface area contributed by atoms with E-state index in [-0.39, 0.29) is 17.5 Å². The largest absolute Gasteiger partial charge is 0.355 e. The number of amides is 1. The second-order valence-corrected chi connectivity index (χ2v) is 8.44. The summed E-state index contributed by atoms with van der Waals surface area (Å²) in [4.78, 5) is 12.2. The first-order valence-electron chi connectivity index (χ1n) is 10.2. The van der Waals surface area contributed by atoms with E-state index in [4.69, 9.17) is 0 Å². The first-order chi connectivity index (χ1) is 14.5. The molecule has 0 aliphatic carbocycles. The van der Waals surface area contributed by atoms with Crippen LogP contribution in [0.25, 0.3) is 11.4 Å². The first kappa shape index (κ1) is 22.0. The number of halogens is 1. The van der Waals surface area contributed by atoms with Gasteiger partial charge in [0.15, 0.2) is 11.0 Å². The molecule has 0 aliphatic rings. The highest BCUT2D eigenvalue weighted by Gasteiger charge is 2.18. The van der Waals surface area contributed by atoms with Gasteiger partial charge in [-0.25, -0.2) is 4.39 Å². The van der Waals surface area contributed by atoms with Gasteiger partial charge >= 0.3 is 0 Å². The Bertz CT molecular complexity index is 959. The maximum atomic E-state index is 14.4. The summed E-state index contributed by atoms with van der Waals surface area (Å²) in [5, 5.41) is 12.0. The molecule has 1 amide bonds. The number of hydrogen-bond acceptors (Lipinski definition) is 4. The molecule has 30 heavy (non-hydrogen) atoms. The molecule has 1 aromatic heterocycles. The van der Waals surface area contributed by atoms with Crippen molar-refractivity contribution in [1.82, 2.24) is 20.1 Å². The van der Waals surface area contributed by atoms with Gasteiger partial charge in [0.25, 0.3) is 0 Å². The minimum atomic E-state index is -0.339. The maximum absolute atomic E-state index is 14.4. The number of aromatic nitrogens is 3. The maximum Gasteiger partial charge on any atom is 0.230 e. The van der Waals surface area contributed by atoms with Gasteiger partial charge in [-0.15, -0.1) is 10.2 Å². The normalized spacial score (nSPS) is 11.1. The second-order valence-electron chi connectivity index (χ2n) is 7.49. The van der Waals surface area contributed by atoms with Crippen molar-refractivity contribution in [2.45, 2.75) is 38.4 Å². The van der Waals surface area contributed by atoms with Crippen molar-refractivity contribution in [2.24, 2.45) is 5.92 Å². The lowest BCUT2D eigenvalue weighted by atomic mass is 10.1. The van der Waals surface area contributed by atoms with Gasteiger partial charge in [0.2, 0.25) is 5.91 Å². The Labute approximate surface area is 181 Å². The molecule has 2 aromatic carbocycles. The predicted molar refractivity (Wildman–Crippen MR) is 119 cm³/mol. The van der Waals surface area contributed by atoms with Crippen LogP contribution in [0.4, 0.5) is 4.39 Å². The third-order valence-corrected chi connectivity index (χ3v) is 5.64. The number of benzene rings is 2. The molecular formula is C23H27FN4OS. The van der Waals surface area contributed by atoms with Crippen molar-refractivity contribution >= 4 is 17.7 Å². The molecule has 0 bridgehead atoms. The Morgan fingerprint density at radius 1 is 1.10 bits per heavy atom. The number of aryl methyl sites for hydroxylation is 1. The second kappa shape index (κ2) is 10.9. The summed E-state index contributed by atoms with van der Waals surface area (Å²) in [6.45, 7) is 5.51. The monoisotopic (exact) mass is 426 g/mol. The molecule has 1 N–H and O–H groups in total. The molecule has 5 nitrogen and oxygen atoms in total. The smallest absolute Gasteiger partial charge is 0.230 e. The number of hydrogen-bond donors (Lipinski definition) is 1. The van der Waals surface area contributed by atoms with Gasteiger partial charge in [-0.2, -0.15) is 0 Å². The van der Waals surface area contributed by atoms with E-state index in [2.05, 4.69) is 41.5 Å². The summed E-state index contributed by atoms with van der Waals surface area (Å²) < 4.78 is 16.3. The van der Waals surface area contributed by atoms with Gasteiger partial charge in [0, 0.05) is 13.1 Å². The number of nitrogens with zero attached hydrogens (tertiary/aromatic N) is 3. The molecule has 158 valence electrons. The Morgan fingerprint density at radius 3 is 2.57 bits per heavy atom. The van der Waals surface area contributed by atoms with Crippen LogP contribution in [0.5, 0.6) is 0 Å². The topological polar surface area (TPSA) is 59.8 Å². The zero-order chi connectivity index (χ0) is 21.3. The van der Waals surface area contributed by atoms with E-state index in [1.54, 1.807) is 18.2 Å². The standard InChI is InChI=1S/C23H27FN4OS/c1-17(2)12-14-25-21(29)16-30-23-27-26-22(19-10-6-7-11-20(19)24)28(23)15-13-18-8-4-3-5-9-18/h3-11,17H,12-16H2,1-2H3,(H,25,29). The van der Waals surface area contributed by atoms with E-state index in [0.29, 0.717) is 35.6 Å². The van der Waals surface area contributed by atoms with E-state index >= 15 is 0 Å². The van der Waals surface area contributed by atoms with Crippen LogP contribution < -0.4 is 5.32 Å². The molecule has 3 aromatic rings. The van der Waals surface area contributed by atoms with E-state index in [1.165, 1.54) is 23.4 Å². The summed E-state index contributed by atoms with van der Waals surface area (Å²) in [6.07, 6.45) is 1.70. The van der Waals surface area contributed by atoms with Crippen LogP contribution in [-0.2, 0) is 17.8 Å². The average Bonchev–Trinajstić information content (AvgIpc) is 3.14. The molecule has 0 aliphatic heterocycles. The van der Waals surface area contributed by atoms with Crippen molar-refractivity contribution in [2.75, 3.05) is 12.3 Å². The van der Waals surface area contributed by atoms with E-state index < -0.39 is 0 Å². The molecule has 0 atom stereocenters. The number of carbonyl (C=O) groups excluding carboxylic acids is 1. The molecule has 3 rings (SSSR count). The molecule has 0 radical (unpaired) electrons. The fourth-order valence-corrected chi connectivity index (χ4v) is 3.80. The highest BCUT2D eigenvalue weighted by Crippen LogP contribution is 2.26. The molecule has 0 spiro atoms. The fraction of sp³-hybridized carbons (Fsp3) is 0.348. The molecule has 0 saturated heterocycles. The molecule has 1 heterocycles. The Balaban J connectivity index is 1.75. The predicted octanol–water partition coefficient (Wildman–Crippen LogP) is 4.58. The summed E-state index contributed by atoms with van der Waals surface area (Å²) in [5.74, 6) is 0.896. The number of thioether (sulfide) groups is 1. The highest BCUT2D eigenvalue weighted by molar-refractivity contribution is 7.99. The van der Waals surface area contributed by atoms with E-state index in [1.807, 2.05) is 22.8 Å². The minimum Gasteiger partial charge on any atom is -0.355 e. The molecular weight excluding hydrogens is 399 g/mol. The Hall–Kier alpha value is -2.67. The van der Waals surface area contributed by atoms with E-state index in [0.717, 1.165) is 12.8 Å². The van der Waals surface area contributed by atoms with Crippen molar-refractivity contribution in [3.63, 3.8) is 0 Å². The first-order valence-corrected chi connectivity index (χ1v) is 11.1. The third-order valence-electron chi connectivity index (χ3n) is 4.67. The minimum absolute atomic E-state index is 0.0364. The van der Waals surface area contributed by atoms with Crippen molar-refractivity contribution in [1.29, 1.82) is 0 Å². The SMILES string of the molecule is CC(C)CCNC(=O)CSc1nnc(-c2ccccc2F)n1CCc1ccccc1. The summed E-state index contributed by atoms with van der Waals surface area (Å²) in [5.41, 5.74) is 1.58. The average molecular weight is 427 g/mol. The van der Waals surface area contributed by atoms with Crippen LogP contribution in [0.2, 0.25) is 0 Å². The zero-order valence-electron chi connectivity index (χ0n) is 17.3. The van der Waals surface area contributed by atoms with Crippen molar-refractivity contribution in [3.05, 3.63) is 66.0 Å². The highest BCUT2D eigenvalue weighted by atomic mass is 32.2. The summed E-state index contributed by atoms with van der Waals surface area (Å²) >= 11 is 1.33. The van der Waals surface area contributed by atoms with Crippen LogP contribution in [-0.4, -0.2) is 33.0 Å². The molecule has 0 fully saturated rings. The summed E-state index contributed by atoms with van der Waals surface area (Å²) in [6, 6.07) is 16.6. The van der Waals surface area contributed by atoms with Crippen molar-refractivity contribution < 1.29 is 9.18 Å². The zero-order valence-corrected chi connectivity index (χ0v) is 18.2. The van der Waals surface area contributed by atoms with Crippen molar-refractivity contribution in [3.8, 4) is 11.4 Å². The fourth-order valence-electron chi connectivity index (χ4n) is 3.01. The van der Waals surface area contributed by atoms with Gasteiger partial charge in [-0.1, -0.05) is 68.1 Å². The Kier molecular flexibility index (Phi) is 8.02. The Morgan fingerprint density at radius 2 is 1.83 bits per heavy atom. The quantitative estimate of drug-likeness (QED) is 0.482. The summed E-state index contributed by atoms with van der Waals surface area (Å²) in [7, 11) is 0. The molecule has 7 heteroatoms. The van der Waals surface area contributed by atoms with Gasteiger partial charge in [-0.05, 0) is 36.5 Å². The lowest BCUT2D eigenvalue weighted by molar-refractivity contribution is -0.118. The number of rotatable bonds is 10. The lowest BCUT2D eigenvalue weighted by Gasteiger charge is -2.11. The van der Waals surface area contributed by atoms with Crippen LogP contribution >= 0.6 is 11.8 Å². The lowest BCUT2D eigenvalue weighted by Crippen LogP contribution is -2.27. The third kappa shape index (κ3) is 6.16. The van der Waals surface area contributed by atoms with Gasteiger partial charge in [-0.3, -0.25) is 4.79 Å². The van der Waals surface area contributed by atoms with Crippen LogP contribution in [0.1, 0.15) is 25.8 Å². The van der Waals surface area contributed by atoms with Crippen LogP contribution in [0.3, 0.4) is 0 Å². The molecule has 0 unspecified atom stereocenters. The number of nitrogens with one attached hydrogen (secondary N) is 1. The van der Waals surface area contributed by atoms with Crippen LogP contribution in [0.15, 0.2) is 59.8 Å². The van der Waals surface area contributed by atoms with E-state index in [9.17, 15) is 9.18 Å². The van der Waals surface area contributed by atoms with Crippen LogP contribution in [0, 0.1) is 11.7 Å². The van der Waals surface area contributed by atoms with Gasteiger partial charge in [0.1, 0.15) is 5.82 Å². The molecule has 0 saturated carbocycles. The number of carbonyl (C=O) groups is 1. The van der Waals surface area contributed by atoms with Gasteiger partial charge < -0.3 is 9.88 Å².